The lowest BCUT2D eigenvalue weighted by Gasteiger charge is -2.22. The van der Waals surface area contributed by atoms with E-state index in [2.05, 4.69) is 13.8 Å². The molecule has 0 spiro atoms. The van der Waals surface area contributed by atoms with Crippen molar-refractivity contribution in [1.29, 1.82) is 0 Å². The average molecular weight is 327 g/mol. The second-order valence-corrected chi connectivity index (χ2v) is 8.56. The lowest BCUT2D eigenvalue weighted by Crippen LogP contribution is -2.30. The maximum absolute atomic E-state index is 11.6. The zero-order valence-electron chi connectivity index (χ0n) is 12.6. The first-order chi connectivity index (χ1) is 9.45. The molecule has 0 aromatic carbocycles. The monoisotopic (exact) mass is 326 g/mol. The van der Waals surface area contributed by atoms with Crippen LogP contribution in [0.25, 0.3) is 0 Å². The molecule has 0 aromatic heterocycles. The van der Waals surface area contributed by atoms with Gasteiger partial charge in [-0.15, -0.1) is 0 Å². The molecule has 1 unspecified atom stereocenters. The Labute approximate surface area is 127 Å². The molecule has 0 N–H and O–H groups in total. The van der Waals surface area contributed by atoms with Crippen LogP contribution in [0.4, 0.5) is 0 Å². The average Bonchev–Trinajstić information content (AvgIpc) is 3.15. The summed E-state index contributed by atoms with van der Waals surface area (Å²) < 4.78 is 33.9. The summed E-state index contributed by atoms with van der Waals surface area (Å²) in [5.74, 6) is 0. The van der Waals surface area contributed by atoms with Gasteiger partial charge in [-0.1, -0.05) is 26.7 Å². The van der Waals surface area contributed by atoms with Crippen LogP contribution in [0, 0.1) is 0 Å². The molecule has 1 aliphatic rings. The van der Waals surface area contributed by atoms with Crippen molar-refractivity contribution in [1.82, 2.24) is 0 Å². The van der Waals surface area contributed by atoms with E-state index in [9.17, 15) is 8.42 Å². The molecule has 20 heavy (non-hydrogen) atoms. The minimum absolute atomic E-state index is 0.172. The highest BCUT2D eigenvalue weighted by atomic mass is 35.7. The minimum atomic E-state index is -3.52. The van der Waals surface area contributed by atoms with Crippen LogP contribution in [0.1, 0.15) is 58.8 Å². The molecule has 0 radical (unpaired) electrons. The standard InChI is InChI=1S/C14H27ClO4S/c1-3-5-9-18-12-13(19-10-6-4-2)11-14(7-8-14)20(15,16)17/h13H,3-12H2,1-2H3. The number of hydrogen-bond donors (Lipinski definition) is 0. The SMILES string of the molecule is CCCCOCC(CC1(S(=O)(=O)Cl)CC1)OCCCC. The van der Waals surface area contributed by atoms with Crippen molar-refractivity contribution in [3.8, 4) is 0 Å². The molecule has 0 saturated heterocycles. The minimum Gasteiger partial charge on any atom is -0.379 e. The van der Waals surface area contributed by atoms with Crippen molar-refractivity contribution in [3.63, 3.8) is 0 Å². The summed E-state index contributed by atoms with van der Waals surface area (Å²) in [6, 6.07) is 0. The van der Waals surface area contributed by atoms with Crippen LogP contribution < -0.4 is 0 Å². The van der Waals surface area contributed by atoms with Gasteiger partial charge < -0.3 is 9.47 Å². The third kappa shape index (κ3) is 5.88. The van der Waals surface area contributed by atoms with Gasteiger partial charge in [0.15, 0.2) is 0 Å². The van der Waals surface area contributed by atoms with Crippen LogP contribution >= 0.6 is 10.7 Å². The fourth-order valence-corrected chi connectivity index (χ4v) is 3.75. The molecule has 120 valence electrons. The van der Waals surface area contributed by atoms with Crippen LogP contribution in [0.15, 0.2) is 0 Å². The molecule has 1 fully saturated rings. The Morgan fingerprint density at radius 1 is 1.15 bits per heavy atom. The van der Waals surface area contributed by atoms with E-state index >= 15 is 0 Å². The van der Waals surface area contributed by atoms with Gasteiger partial charge in [-0.25, -0.2) is 8.42 Å². The van der Waals surface area contributed by atoms with E-state index in [0.29, 0.717) is 39.1 Å². The fraction of sp³-hybridized carbons (Fsp3) is 1.00. The first-order valence-electron chi connectivity index (χ1n) is 7.58. The van der Waals surface area contributed by atoms with Crippen LogP contribution in [-0.4, -0.2) is 39.1 Å². The van der Waals surface area contributed by atoms with Crippen molar-refractivity contribution >= 4 is 19.7 Å². The smallest absolute Gasteiger partial charge is 0.238 e. The maximum Gasteiger partial charge on any atom is 0.238 e. The van der Waals surface area contributed by atoms with E-state index in [1.807, 2.05) is 0 Å². The molecule has 1 atom stereocenters. The van der Waals surface area contributed by atoms with E-state index in [4.69, 9.17) is 20.2 Å². The van der Waals surface area contributed by atoms with Gasteiger partial charge in [0, 0.05) is 23.9 Å². The molecule has 0 bridgehead atoms. The molecule has 0 aliphatic heterocycles. The normalized spacial score (nSPS) is 18.9. The number of hydrogen-bond acceptors (Lipinski definition) is 4. The quantitative estimate of drug-likeness (QED) is 0.407. The Hall–Kier alpha value is 0.160. The third-order valence-electron chi connectivity index (χ3n) is 3.72. The summed E-state index contributed by atoms with van der Waals surface area (Å²) in [6.07, 6.45) is 5.70. The van der Waals surface area contributed by atoms with Crippen molar-refractivity contribution in [2.75, 3.05) is 19.8 Å². The van der Waals surface area contributed by atoms with Gasteiger partial charge in [0.2, 0.25) is 9.05 Å². The van der Waals surface area contributed by atoms with Gasteiger partial charge in [-0.3, -0.25) is 0 Å². The van der Waals surface area contributed by atoms with Gasteiger partial charge in [0.05, 0.1) is 17.5 Å². The molecule has 0 heterocycles. The van der Waals surface area contributed by atoms with Gasteiger partial charge in [-0.05, 0) is 32.1 Å². The molecule has 4 nitrogen and oxygen atoms in total. The molecular weight excluding hydrogens is 300 g/mol. The summed E-state index contributed by atoms with van der Waals surface area (Å²) in [4.78, 5) is 0. The molecule has 6 heteroatoms. The van der Waals surface area contributed by atoms with Crippen molar-refractivity contribution in [3.05, 3.63) is 0 Å². The first kappa shape index (κ1) is 18.2. The van der Waals surface area contributed by atoms with Crippen molar-refractivity contribution in [2.24, 2.45) is 0 Å². The highest BCUT2D eigenvalue weighted by Gasteiger charge is 2.54. The Morgan fingerprint density at radius 3 is 2.25 bits per heavy atom. The van der Waals surface area contributed by atoms with Gasteiger partial charge in [0.1, 0.15) is 0 Å². The number of unbranched alkanes of at least 4 members (excludes halogenated alkanes) is 2. The number of halogens is 1. The summed E-state index contributed by atoms with van der Waals surface area (Å²) in [5, 5.41) is 0. The second kappa shape index (κ2) is 8.57. The van der Waals surface area contributed by atoms with Crippen LogP contribution in [0.2, 0.25) is 0 Å². The Morgan fingerprint density at radius 2 is 1.75 bits per heavy atom. The third-order valence-corrected chi connectivity index (χ3v) is 6.31. The summed E-state index contributed by atoms with van der Waals surface area (Å²) in [5.41, 5.74) is 0. The molecule has 1 saturated carbocycles. The predicted molar refractivity (Wildman–Crippen MR) is 81.7 cm³/mol. The highest BCUT2D eigenvalue weighted by molar-refractivity contribution is 8.15. The van der Waals surface area contributed by atoms with Crippen LogP contribution in [-0.2, 0) is 18.5 Å². The Balaban J connectivity index is 2.45. The van der Waals surface area contributed by atoms with Gasteiger partial charge in [0.25, 0.3) is 0 Å². The molecule has 1 rings (SSSR count). The fourth-order valence-electron chi connectivity index (χ4n) is 2.12. The zero-order chi connectivity index (χ0) is 15.1. The van der Waals surface area contributed by atoms with Crippen LogP contribution in [0.3, 0.4) is 0 Å². The largest absolute Gasteiger partial charge is 0.379 e. The molecule has 1 aliphatic carbocycles. The first-order valence-corrected chi connectivity index (χ1v) is 9.89. The van der Waals surface area contributed by atoms with Crippen molar-refractivity contribution in [2.45, 2.75) is 69.6 Å². The highest BCUT2D eigenvalue weighted by Crippen LogP contribution is 2.49. The maximum atomic E-state index is 11.6. The number of rotatable bonds is 12. The Kier molecular flexibility index (Phi) is 7.80. The van der Waals surface area contributed by atoms with E-state index < -0.39 is 13.8 Å². The van der Waals surface area contributed by atoms with Crippen LogP contribution in [0.5, 0.6) is 0 Å². The van der Waals surface area contributed by atoms with E-state index in [1.54, 1.807) is 0 Å². The van der Waals surface area contributed by atoms with E-state index in [-0.39, 0.29) is 6.10 Å². The topological polar surface area (TPSA) is 52.6 Å². The summed E-state index contributed by atoms with van der Waals surface area (Å²) in [7, 11) is 2.04. The summed E-state index contributed by atoms with van der Waals surface area (Å²) >= 11 is 0. The van der Waals surface area contributed by atoms with Gasteiger partial charge in [-0.2, -0.15) is 0 Å². The number of ether oxygens (including phenoxy) is 2. The lowest BCUT2D eigenvalue weighted by atomic mass is 10.2. The van der Waals surface area contributed by atoms with E-state index in [0.717, 1.165) is 25.7 Å². The zero-order valence-corrected chi connectivity index (χ0v) is 14.1. The molecule has 0 amide bonds. The predicted octanol–water partition coefficient (Wildman–Crippen LogP) is 3.48. The second-order valence-electron chi connectivity index (χ2n) is 5.60. The molecular formula is C14H27ClO4S. The Bertz CT molecular complexity index is 365. The summed E-state index contributed by atoms with van der Waals surface area (Å²) in [6.45, 7) is 6.01. The van der Waals surface area contributed by atoms with Gasteiger partial charge >= 0.3 is 0 Å². The van der Waals surface area contributed by atoms with E-state index in [1.165, 1.54) is 0 Å². The molecule has 0 aromatic rings. The van der Waals surface area contributed by atoms with Crippen molar-refractivity contribution < 1.29 is 17.9 Å². The lowest BCUT2D eigenvalue weighted by molar-refractivity contribution is -0.0230.